The molecule has 0 bridgehead atoms. The lowest BCUT2D eigenvalue weighted by atomic mass is 9.91. The maximum absolute atomic E-state index is 6.28. The second-order valence-electron chi connectivity index (χ2n) is 15.3. The lowest BCUT2D eigenvalue weighted by Gasteiger charge is -2.13. The minimum Gasteiger partial charge on any atom is -0.456 e. The van der Waals surface area contributed by atoms with Crippen LogP contribution in [0.3, 0.4) is 0 Å². The fourth-order valence-corrected chi connectivity index (χ4v) is 11.0. The van der Waals surface area contributed by atoms with Crippen LogP contribution in [0.1, 0.15) is 0 Å². The Morgan fingerprint density at radius 2 is 1.12 bits per heavy atom. The molecule has 58 heavy (non-hydrogen) atoms. The summed E-state index contributed by atoms with van der Waals surface area (Å²) < 4.78 is 12.3. The van der Waals surface area contributed by atoms with Crippen LogP contribution in [0.15, 0.2) is 174 Å². The molecule has 0 radical (unpaired) electrons. The number of aromatic nitrogens is 4. The first kappa shape index (κ1) is 30.7. The molecule has 1 aliphatic rings. The molecule has 0 atom stereocenters. The Labute approximate surface area is 334 Å². The highest BCUT2D eigenvalue weighted by molar-refractivity contribution is 7.25. The van der Waals surface area contributed by atoms with E-state index in [1.807, 2.05) is 12.1 Å². The second-order valence-corrected chi connectivity index (χ2v) is 16.3. The predicted octanol–water partition coefficient (Wildman–Crippen LogP) is 14.3. The van der Waals surface area contributed by atoms with Crippen molar-refractivity contribution in [1.82, 2.24) is 19.1 Å². The van der Waals surface area contributed by atoms with Crippen LogP contribution < -0.4 is 0 Å². The first-order valence-electron chi connectivity index (χ1n) is 19.6. The quantitative estimate of drug-likeness (QED) is 0.176. The Morgan fingerprint density at radius 3 is 2.00 bits per heavy atom. The first-order chi connectivity index (χ1) is 28.8. The van der Waals surface area contributed by atoms with E-state index in [0.29, 0.717) is 5.95 Å². The van der Waals surface area contributed by atoms with E-state index in [-0.39, 0.29) is 0 Å². The molecule has 0 unspecified atom stereocenters. The van der Waals surface area contributed by atoms with Crippen LogP contribution >= 0.6 is 11.3 Å². The van der Waals surface area contributed by atoms with Crippen LogP contribution in [0, 0.1) is 0 Å². The molecule has 5 nitrogen and oxygen atoms in total. The highest BCUT2D eigenvalue weighted by Gasteiger charge is 2.29. The third kappa shape index (κ3) is 3.89. The van der Waals surface area contributed by atoms with Gasteiger partial charge < -0.3 is 8.98 Å². The molecule has 268 valence electrons. The average Bonchev–Trinajstić information content (AvgIpc) is 4.01. The normalized spacial score (nSPS) is 12.5. The summed E-state index contributed by atoms with van der Waals surface area (Å²) in [5.74, 6) is 0.651. The molecular weight excluding hydrogens is 729 g/mol. The molecule has 6 heteroatoms. The number of hydrogen-bond donors (Lipinski definition) is 0. The zero-order valence-electron chi connectivity index (χ0n) is 30.8. The van der Waals surface area contributed by atoms with Gasteiger partial charge in [-0.2, -0.15) is 0 Å². The number of nitrogens with zero attached hydrogens (tertiary/aromatic N) is 4. The first-order valence-corrected chi connectivity index (χ1v) is 20.4. The SMILES string of the molecule is c1ccc2c(c1)-c1ccccc1-n1c3ccccc3c3cc4c(c-2c31)c1ccccc1n4-c1nc(-c2ccc3oc4ccccc4c3c2)c2c(n1)sc1ccccc12. The van der Waals surface area contributed by atoms with Crippen LogP contribution in [0.4, 0.5) is 0 Å². The summed E-state index contributed by atoms with van der Waals surface area (Å²) in [6.45, 7) is 0. The molecule has 0 saturated heterocycles. The minimum atomic E-state index is 0.651. The standard InChI is InChI=1S/C52H28N4OS/c1-2-17-34-30(13-1)31-14-3-8-20-39(31)55-40-21-9-4-15-32(40)38-28-42-46(47(34)50(38)55)35-18-5-10-22-41(35)56(42)52-53-49(48-36-19-7-12-24-45(36)58-51(48)54-52)29-25-26-44-37(27-29)33-16-6-11-23-43(33)57-44/h1-28H. The smallest absolute Gasteiger partial charge is 0.236 e. The number of fused-ring (bicyclic) bond motifs is 18. The van der Waals surface area contributed by atoms with Crippen LogP contribution in [0.5, 0.6) is 0 Å². The average molecular weight is 757 g/mol. The van der Waals surface area contributed by atoms with Gasteiger partial charge in [-0.15, -0.1) is 11.3 Å². The van der Waals surface area contributed by atoms with E-state index in [0.717, 1.165) is 59.8 Å². The van der Waals surface area contributed by atoms with Gasteiger partial charge in [0.2, 0.25) is 5.95 Å². The number of rotatable bonds is 2. The molecule has 0 saturated carbocycles. The number of hydrogen-bond acceptors (Lipinski definition) is 4. The van der Waals surface area contributed by atoms with Crippen molar-refractivity contribution in [3.63, 3.8) is 0 Å². The monoisotopic (exact) mass is 756 g/mol. The summed E-state index contributed by atoms with van der Waals surface area (Å²) in [5.41, 5.74) is 14.3. The van der Waals surface area contributed by atoms with Crippen molar-refractivity contribution in [2.24, 2.45) is 0 Å². The molecular formula is C52H28N4OS. The third-order valence-electron chi connectivity index (χ3n) is 12.3. The Balaban J connectivity index is 1.16. The molecule has 8 aromatic carbocycles. The fourth-order valence-electron chi connectivity index (χ4n) is 9.93. The molecule has 0 N–H and O–H groups in total. The highest BCUT2D eigenvalue weighted by atomic mass is 32.1. The van der Waals surface area contributed by atoms with E-state index < -0.39 is 0 Å². The van der Waals surface area contributed by atoms with Crippen molar-refractivity contribution in [1.29, 1.82) is 0 Å². The lowest BCUT2D eigenvalue weighted by molar-refractivity contribution is 0.669. The van der Waals surface area contributed by atoms with Crippen LogP contribution in [-0.2, 0) is 0 Å². The predicted molar refractivity (Wildman–Crippen MR) is 241 cm³/mol. The van der Waals surface area contributed by atoms with Gasteiger partial charge in [0.1, 0.15) is 16.0 Å². The highest BCUT2D eigenvalue weighted by Crippen LogP contribution is 2.52. The number of furan rings is 1. The molecule has 0 amide bonds. The second kappa shape index (κ2) is 11.1. The molecule has 13 aromatic rings. The maximum atomic E-state index is 6.28. The van der Waals surface area contributed by atoms with E-state index in [9.17, 15) is 0 Å². The summed E-state index contributed by atoms with van der Waals surface area (Å²) in [6, 6.07) is 61.1. The molecule has 5 aromatic heterocycles. The van der Waals surface area contributed by atoms with Crippen molar-refractivity contribution < 1.29 is 4.42 Å². The van der Waals surface area contributed by atoms with E-state index >= 15 is 0 Å². The van der Waals surface area contributed by atoms with Crippen LogP contribution in [-0.4, -0.2) is 19.1 Å². The van der Waals surface area contributed by atoms with E-state index in [4.69, 9.17) is 14.4 Å². The Bertz CT molecular complexity index is 3940. The van der Waals surface area contributed by atoms with Gasteiger partial charge in [0.25, 0.3) is 0 Å². The largest absolute Gasteiger partial charge is 0.456 e. The summed E-state index contributed by atoms with van der Waals surface area (Å²) in [7, 11) is 0. The molecule has 0 aliphatic carbocycles. The summed E-state index contributed by atoms with van der Waals surface area (Å²) in [5, 5.41) is 9.18. The van der Waals surface area contributed by atoms with Gasteiger partial charge in [-0.3, -0.25) is 4.57 Å². The molecule has 14 rings (SSSR count). The van der Waals surface area contributed by atoms with Gasteiger partial charge in [0.15, 0.2) is 0 Å². The Morgan fingerprint density at radius 1 is 0.448 bits per heavy atom. The third-order valence-corrected chi connectivity index (χ3v) is 13.4. The van der Waals surface area contributed by atoms with Crippen molar-refractivity contribution in [2.45, 2.75) is 0 Å². The van der Waals surface area contributed by atoms with Gasteiger partial charge in [-0.1, -0.05) is 115 Å². The molecule has 0 fully saturated rings. The van der Waals surface area contributed by atoms with E-state index in [2.05, 4.69) is 167 Å². The summed E-state index contributed by atoms with van der Waals surface area (Å²) in [6.07, 6.45) is 0. The zero-order chi connectivity index (χ0) is 37.6. The molecule has 6 heterocycles. The Kier molecular flexibility index (Phi) is 5.85. The zero-order valence-corrected chi connectivity index (χ0v) is 31.6. The van der Waals surface area contributed by atoms with Gasteiger partial charge in [-0.25, -0.2) is 9.97 Å². The lowest BCUT2D eigenvalue weighted by Crippen LogP contribution is -2.03. The van der Waals surface area contributed by atoms with Gasteiger partial charge in [0.05, 0.1) is 33.4 Å². The van der Waals surface area contributed by atoms with Gasteiger partial charge in [-0.05, 0) is 65.7 Å². The van der Waals surface area contributed by atoms with E-state index in [1.54, 1.807) is 11.3 Å². The number of thiophene rings is 1. The number of benzene rings is 8. The van der Waals surface area contributed by atoms with Crippen molar-refractivity contribution in [3.8, 4) is 45.1 Å². The van der Waals surface area contributed by atoms with Gasteiger partial charge in [0, 0.05) is 64.5 Å². The maximum Gasteiger partial charge on any atom is 0.236 e. The minimum absolute atomic E-state index is 0.651. The fraction of sp³-hybridized carbons (Fsp3) is 0. The van der Waals surface area contributed by atoms with Crippen LogP contribution in [0.2, 0.25) is 0 Å². The van der Waals surface area contributed by atoms with Crippen molar-refractivity contribution in [2.75, 3.05) is 0 Å². The Hall–Kier alpha value is -7.54. The number of para-hydroxylation sites is 4. The molecule has 0 spiro atoms. The summed E-state index contributed by atoms with van der Waals surface area (Å²) >= 11 is 1.73. The summed E-state index contributed by atoms with van der Waals surface area (Å²) in [4.78, 5) is 12.1. The van der Waals surface area contributed by atoms with Crippen LogP contribution in [0.25, 0.3) is 131 Å². The van der Waals surface area contributed by atoms with Crippen molar-refractivity contribution >= 4 is 97.2 Å². The molecule has 1 aliphatic heterocycles. The van der Waals surface area contributed by atoms with Gasteiger partial charge >= 0.3 is 0 Å². The van der Waals surface area contributed by atoms with Crippen molar-refractivity contribution in [3.05, 3.63) is 170 Å². The van der Waals surface area contributed by atoms with E-state index in [1.165, 1.54) is 65.2 Å². The topological polar surface area (TPSA) is 48.8 Å².